The molecule has 11 heteroatoms. The van der Waals surface area contributed by atoms with E-state index in [9.17, 15) is 49.8 Å². The lowest BCUT2D eigenvalue weighted by molar-refractivity contribution is -0.152. The first kappa shape index (κ1) is 35.9. The van der Waals surface area contributed by atoms with Crippen LogP contribution >= 0.6 is 0 Å². The number of rotatable bonds is 15. The van der Waals surface area contributed by atoms with Crippen LogP contribution in [0.15, 0.2) is 46.1 Å². The lowest BCUT2D eigenvalue weighted by atomic mass is 9.70. The van der Waals surface area contributed by atoms with E-state index in [2.05, 4.69) is 20.8 Å². The maximum Gasteiger partial charge on any atom is 0.335 e. The van der Waals surface area contributed by atoms with Crippen LogP contribution < -0.4 is 0 Å². The van der Waals surface area contributed by atoms with Crippen molar-refractivity contribution in [3.05, 3.63) is 46.1 Å². The van der Waals surface area contributed by atoms with E-state index < -0.39 is 61.1 Å². The van der Waals surface area contributed by atoms with Crippen molar-refractivity contribution in [2.24, 2.45) is 28.1 Å². The van der Waals surface area contributed by atoms with Gasteiger partial charge in [0.25, 0.3) is 0 Å². The predicted molar refractivity (Wildman–Crippen MR) is 157 cm³/mol. The minimum absolute atomic E-state index is 0.0614. The molecule has 2 saturated carbocycles. The number of esters is 1. The number of fused-ring (bicyclic) bond motifs is 2. The molecule has 0 saturated heterocycles. The number of carbonyl (C=O) groups excluding carboxylic acids is 1. The van der Waals surface area contributed by atoms with E-state index in [0.29, 0.717) is 12.3 Å². The number of hydrogen-bond acceptors (Lipinski definition) is 8. The predicted octanol–water partition coefficient (Wildman–Crippen LogP) is 3.49. The number of hydrogen-bond donors (Lipinski definition) is 6. The molecule has 2 fully saturated rings. The molecule has 0 radical (unpaired) electrons. The van der Waals surface area contributed by atoms with Crippen LogP contribution in [-0.2, 0) is 23.9 Å². The Morgan fingerprint density at radius 2 is 1.35 bits per heavy atom. The first-order chi connectivity index (χ1) is 19.9. The SMILES string of the molecule is CC(=CC(C=C(C)C(=O)O)=C(C(=O)OC1C[C@H]2CC[C@@]1(C)C2(C)C)C(C=C(C)C(=O)O)CCC(CO)(CO)CO)C(=O)O. The highest BCUT2D eigenvalue weighted by Crippen LogP contribution is 2.66. The molecule has 0 spiro atoms. The maximum atomic E-state index is 14.2. The molecule has 11 nitrogen and oxygen atoms in total. The van der Waals surface area contributed by atoms with E-state index in [1.807, 2.05) is 0 Å². The van der Waals surface area contributed by atoms with Gasteiger partial charge in [0.05, 0.1) is 25.4 Å². The smallest absolute Gasteiger partial charge is 0.335 e. The average Bonchev–Trinajstić information content (AvgIpc) is 3.27. The highest BCUT2D eigenvalue weighted by Gasteiger charge is 2.63. The summed E-state index contributed by atoms with van der Waals surface area (Å²) >= 11 is 0. The summed E-state index contributed by atoms with van der Waals surface area (Å²) < 4.78 is 6.17. The van der Waals surface area contributed by atoms with E-state index in [1.165, 1.54) is 26.8 Å². The molecule has 240 valence electrons. The third-order valence-electron chi connectivity index (χ3n) is 10.1. The second-order valence-electron chi connectivity index (χ2n) is 12.9. The van der Waals surface area contributed by atoms with Crippen LogP contribution in [0.1, 0.15) is 73.6 Å². The largest absolute Gasteiger partial charge is 0.478 e. The summed E-state index contributed by atoms with van der Waals surface area (Å²) in [5, 5.41) is 58.7. The van der Waals surface area contributed by atoms with Gasteiger partial charge in [0, 0.05) is 33.5 Å². The zero-order valence-corrected chi connectivity index (χ0v) is 25.8. The summed E-state index contributed by atoms with van der Waals surface area (Å²) in [6.07, 6.45) is 5.39. The van der Waals surface area contributed by atoms with Crippen molar-refractivity contribution in [1.82, 2.24) is 0 Å². The van der Waals surface area contributed by atoms with Gasteiger partial charge in [-0.25, -0.2) is 19.2 Å². The minimum Gasteiger partial charge on any atom is -0.478 e. The van der Waals surface area contributed by atoms with Gasteiger partial charge in [0.2, 0.25) is 0 Å². The van der Waals surface area contributed by atoms with Gasteiger partial charge in [-0.3, -0.25) is 0 Å². The highest BCUT2D eigenvalue weighted by atomic mass is 16.5. The molecule has 0 amide bonds. The second-order valence-corrected chi connectivity index (χ2v) is 12.9. The monoisotopic (exact) mass is 606 g/mol. The van der Waals surface area contributed by atoms with E-state index >= 15 is 0 Å². The van der Waals surface area contributed by atoms with Crippen molar-refractivity contribution in [2.45, 2.75) is 79.8 Å². The summed E-state index contributed by atoms with van der Waals surface area (Å²) in [4.78, 5) is 49.8. The number of ether oxygens (including phenoxy) is 1. The van der Waals surface area contributed by atoms with Crippen LogP contribution in [0, 0.1) is 28.1 Å². The highest BCUT2D eigenvalue weighted by molar-refractivity contribution is 5.95. The summed E-state index contributed by atoms with van der Waals surface area (Å²) in [6, 6.07) is 0. The van der Waals surface area contributed by atoms with Gasteiger partial charge in [-0.15, -0.1) is 0 Å². The fourth-order valence-electron chi connectivity index (χ4n) is 6.30. The topological polar surface area (TPSA) is 199 Å². The maximum absolute atomic E-state index is 14.2. The number of carboxylic acid groups (broad SMARTS) is 3. The molecule has 0 aromatic rings. The Morgan fingerprint density at radius 3 is 1.72 bits per heavy atom. The summed E-state index contributed by atoms with van der Waals surface area (Å²) in [7, 11) is 0. The van der Waals surface area contributed by atoms with Crippen molar-refractivity contribution in [3.8, 4) is 0 Å². The lowest BCUT2D eigenvalue weighted by Crippen LogP contribution is -2.39. The normalized spacial score (nSPS) is 24.4. The Kier molecular flexibility index (Phi) is 11.7. The van der Waals surface area contributed by atoms with Crippen LogP contribution in [0.2, 0.25) is 0 Å². The van der Waals surface area contributed by atoms with Crippen LogP contribution in [-0.4, -0.2) is 80.4 Å². The van der Waals surface area contributed by atoms with Crippen LogP contribution in [0.25, 0.3) is 0 Å². The van der Waals surface area contributed by atoms with Gasteiger partial charge in [-0.2, -0.15) is 0 Å². The number of carboxylic acids is 3. The molecule has 2 aliphatic rings. The Labute approximate surface area is 252 Å². The summed E-state index contributed by atoms with van der Waals surface area (Å²) in [5.41, 5.74) is -2.64. The quantitative estimate of drug-likeness (QED) is 0.0906. The van der Waals surface area contributed by atoms with Crippen molar-refractivity contribution in [2.75, 3.05) is 19.8 Å². The van der Waals surface area contributed by atoms with E-state index in [4.69, 9.17) is 4.74 Å². The molecule has 2 aliphatic carbocycles. The molecule has 0 aromatic heterocycles. The van der Waals surface area contributed by atoms with Gasteiger partial charge >= 0.3 is 23.9 Å². The average molecular weight is 607 g/mol. The molecule has 0 aliphatic heterocycles. The van der Waals surface area contributed by atoms with Crippen LogP contribution in [0.4, 0.5) is 0 Å². The Hall–Kier alpha value is -3.28. The van der Waals surface area contributed by atoms with E-state index in [1.54, 1.807) is 0 Å². The number of aliphatic carboxylic acids is 3. The molecule has 2 bridgehead atoms. The molecule has 4 atom stereocenters. The van der Waals surface area contributed by atoms with Crippen LogP contribution in [0.3, 0.4) is 0 Å². The molecule has 0 aromatic carbocycles. The molecular weight excluding hydrogens is 560 g/mol. The van der Waals surface area contributed by atoms with Crippen LogP contribution in [0.5, 0.6) is 0 Å². The minimum atomic E-state index is -1.36. The molecule has 2 rings (SSSR count). The molecule has 43 heavy (non-hydrogen) atoms. The standard InChI is InChI=1S/C32H46O11/c1-18(26(36)37)11-21(7-10-32(15-33,16-34)17-35)25(22(12-19(2)27(38)39)13-20(3)28(40)41)29(42)43-24-14-23-8-9-31(24,6)30(23,4)5/h11-13,21,23-24,33-35H,7-10,14-17H2,1-6H3,(H,36,37)(H,38,39)(H,40,41)/t21?,23-,24?,31-/m1/s1. The van der Waals surface area contributed by atoms with Gasteiger partial charge in [0.1, 0.15) is 6.10 Å². The Bertz CT molecular complexity index is 1190. The lowest BCUT2D eigenvalue weighted by Gasteiger charge is -2.38. The van der Waals surface area contributed by atoms with Gasteiger partial charge in [-0.05, 0) is 81.9 Å². The second kappa shape index (κ2) is 14.0. The molecule has 0 heterocycles. The Balaban J connectivity index is 2.86. The van der Waals surface area contributed by atoms with Crippen molar-refractivity contribution < 1.29 is 54.6 Å². The molecule has 6 N–H and O–H groups in total. The first-order valence-corrected chi connectivity index (χ1v) is 14.4. The number of carbonyl (C=O) groups is 4. The van der Waals surface area contributed by atoms with Gasteiger partial charge in [-0.1, -0.05) is 26.8 Å². The summed E-state index contributed by atoms with van der Waals surface area (Å²) in [5.74, 6) is -5.54. The number of allylic oxidation sites excluding steroid dienone is 4. The zero-order chi connectivity index (χ0) is 32.9. The number of aliphatic hydroxyl groups is 3. The Morgan fingerprint density at radius 1 is 0.860 bits per heavy atom. The number of aliphatic hydroxyl groups excluding tert-OH is 3. The zero-order valence-electron chi connectivity index (χ0n) is 25.8. The van der Waals surface area contributed by atoms with Crippen molar-refractivity contribution in [1.29, 1.82) is 0 Å². The van der Waals surface area contributed by atoms with Crippen molar-refractivity contribution >= 4 is 23.9 Å². The van der Waals surface area contributed by atoms with Crippen molar-refractivity contribution in [3.63, 3.8) is 0 Å². The van der Waals surface area contributed by atoms with E-state index in [-0.39, 0.29) is 51.5 Å². The summed E-state index contributed by atoms with van der Waals surface area (Å²) in [6.45, 7) is 8.40. The first-order valence-electron chi connectivity index (χ1n) is 14.4. The van der Waals surface area contributed by atoms with Gasteiger partial charge < -0.3 is 35.4 Å². The molecular formula is C32H46O11. The fourth-order valence-corrected chi connectivity index (χ4v) is 6.30. The third-order valence-corrected chi connectivity index (χ3v) is 10.1. The fraction of sp³-hybridized carbons (Fsp3) is 0.625. The molecule has 2 unspecified atom stereocenters. The van der Waals surface area contributed by atoms with Gasteiger partial charge in [0.15, 0.2) is 0 Å². The van der Waals surface area contributed by atoms with E-state index in [0.717, 1.165) is 25.0 Å². The third kappa shape index (κ3) is 7.63.